The van der Waals surface area contributed by atoms with Crippen molar-refractivity contribution in [3.05, 3.63) is 63.7 Å². The lowest BCUT2D eigenvalue weighted by Gasteiger charge is -2.31. The molecule has 0 bridgehead atoms. The lowest BCUT2D eigenvalue weighted by Crippen LogP contribution is -2.37. The van der Waals surface area contributed by atoms with E-state index in [4.69, 9.17) is 0 Å². The number of nitrogens with zero attached hydrogens (tertiary/aromatic N) is 2. The summed E-state index contributed by atoms with van der Waals surface area (Å²) in [7, 11) is -3.41. The number of carbonyl (C=O) groups is 1. The van der Waals surface area contributed by atoms with Gasteiger partial charge in [-0.05, 0) is 43.0 Å². The summed E-state index contributed by atoms with van der Waals surface area (Å²) in [5.74, 6) is -0.432. The number of benzene rings is 2. The van der Waals surface area contributed by atoms with Gasteiger partial charge in [-0.25, -0.2) is 8.42 Å². The molecule has 0 radical (unpaired) electrons. The van der Waals surface area contributed by atoms with Crippen molar-refractivity contribution in [2.45, 2.75) is 26.2 Å². The molecule has 0 saturated carbocycles. The summed E-state index contributed by atoms with van der Waals surface area (Å²) in [4.78, 5) is 22.8. The van der Waals surface area contributed by atoms with Crippen LogP contribution in [0, 0.1) is 10.1 Å². The summed E-state index contributed by atoms with van der Waals surface area (Å²) in [6, 6.07) is 10.6. The molecule has 1 heterocycles. The van der Waals surface area contributed by atoms with Crippen LogP contribution in [0.3, 0.4) is 0 Å². The van der Waals surface area contributed by atoms with Crippen molar-refractivity contribution in [2.24, 2.45) is 0 Å². The summed E-state index contributed by atoms with van der Waals surface area (Å²) in [6.45, 7) is 2.23. The first-order valence-electron chi connectivity index (χ1n) is 9.01. The summed E-state index contributed by atoms with van der Waals surface area (Å²) in [5.41, 5.74) is 1.92. The van der Waals surface area contributed by atoms with E-state index in [0.29, 0.717) is 24.3 Å². The first-order valence-corrected chi connectivity index (χ1v) is 10.6. The van der Waals surface area contributed by atoms with E-state index in [0.717, 1.165) is 18.4 Å². The highest BCUT2D eigenvalue weighted by molar-refractivity contribution is 7.92. The van der Waals surface area contributed by atoms with Gasteiger partial charge in [0.15, 0.2) is 0 Å². The van der Waals surface area contributed by atoms with Gasteiger partial charge < -0.3 is 5.32 Å². The minimum Gasteiger partial charge on any atom is -0.322 e. The molecule has 0 unspecified atom stereocenters. The third-order valence-electron chi connectivity index (χ3n) is 4.54. The Labute approximate surface area is 163 Å². The zero-order valence-corrected chi connectivity index (χ0v) is 16.2. The molecule has 1 N–H and O–H groups in total. The number of aryl methyl sites for hydroxylation is 1. The molecule has 2 aromatic carbocycles. The van der Waals surface area contributed by atoms with Gasteiger partial charge in [0.1, 0.15) is 0 Å². The van der Waals surface area contributed by atoms with Crippen LogP contribution in [0.1, 0.15) is 35.7 Å². The van der Waals surface area contributed by atoms with Crippen molar-refractivity contribution >= 4 is 33.0 Å². The lowest BCUT2D eigenvalue weighted by molar-refractivity contribution is -0.384. The first-order chi connectivity index (χ1) is 13.3. The molecule has 0 aromatic heterocycles. The predicted molar refractivity (Wildman–Crippen MR) is 107 cm³/mol. The van der Waals surface area contributed by atoms with Crippen LogP contribution >= 0.6 is 0 Å². The molecule has 0 fully saturated rings. The quantitative estimate of drug-likeness (QED) is 0.588. The van der Waals surface area contributed by atoms with Gasteiger partial charge in [0.2, 0.25) is 10.0 Å². The molecule has 1 aliphatic rings. The summed E-state index contributed by atoms with van der Waals surface area (Å²) in [6.07, 6.45) is 2.04. The van der Waals surface area contributed by atoms with Crippen LogP contribution in [0.25, 0.3) is 0 Å². The molecular weight excluding hydrogens is 382 g/mol. The molecule has 0 spiro atoms. The average Bonchev–Trinajstić information content (AvgIpc) is 2.67. The molecule has 1 aliphatic heterocycles. The van der Waals surface area contributed by atoms with Crippen LogP contribution in [-0.4, -0.2) is 31.5 Å². The number of carbonyl (C=O) groups excluding carboxylic acids is 1. The largest absolute Gasteiger partial charge is 0.322 e. The molecule has 28 heavy (non-hydrogen) atoms. The molecule has 0 saturated heterocycles. The molecule has 8 nitrogen and oxygen atoms in total. The lowest BCUT2D eigenvalue weighted by atomic mass is 10.0. The number of sulfonamides is 1. The van der Waals surface area contributed by atoms with E-state index in [1.807, 2.05) is 13.0 Å². The number of non-ortho nitro benzene ring substituents is 1. The number of hydrogen-bond donors (Lipinski definition) is 1. The number of anilines is 2. The topological polar surface area (TPSA) is 110 Å². The maximum Gasteiger partial charge on any atom is 0.270 e. The van der Waals surface area contributed by atoms with Crippen molar-refractivity contribution in [2.75, 3.05) is 21.9 Å². The maximum absolute atomic E-state index is 12.6. The Hall–Kier alpha value is -2.94. The Bertz CT molecular complexity index is 1020. The number of hydrogen-bond acceptors (Lipinski definition) is 5. The van der Waals surface area contributed by atoms with Crippen molar-refractivity contribution in [3.8, 4) is 0 Å². The van der Waals surface area contributed by atoms with Crippen LogP contribution in [0.15, 0.2) is 42.5 Å². The Balaban J connectivity index is 1.88. The molecule has 2 aromatic rings. The van der Waals surface area contributed by atoms with Crippen molar-refractivity contribution < 1.29 is 18.1 Å². The fraction of sp³-hybridized carbons (Fsp3) is 0.316. The highest BCUT2D eigenvalue weighted by Gasteiger charge is 2.27. The van der Waals surface area contributed by atoms with E-state index in [1.165, 1.54) is 28.6 Å². The normalized spacial score (nSPS) is 13.7. The SMILES string of the molecule is CCCS(=O)(=O)N1CCCc2ccc(NC(=O)c3cccc([N+](=O)[O-])c3)cc21. The van der Waals surface area contributed by atoms with Crippen molar-refractivity contribution in [3.63, 3.8) is 0 Å². The number of fused-ring (bicyclic) bond motifs is 1. The number of nitrogens with one attached hydrogen (secondary N) is 1. The summed E-state index contributed by atoms with van der Waals surface area (Å²) < 4.78 is 26.6. The number of rotatable bonds is 6. The third kappa shape index (κ3) is 4.14. The zero-order chi connectivity index (χ0) is 20.3. The first kappa shape index (κ1) is 19.8. The molecule has 0 atom stereocenters. The molecule has 0 aliphatic carbocycles. The van der Waals surface area contributed by atoms with Gasteiger partial charge in [0.25, 0.3) is 11.6 Å². The van der Waals surface area contributed by atoms with E-state index in [1.54, 1.807) is 12.1 Å². The molecule has 3 rings (SSSR count). The molecule has 148 valence electrons. The standard InChI is InChI=1S/C19H21N3O5S/c1-2-11-28(26,27)21-10-4-6-14-8-9-16(13-18(14)21)20-19(23)15-5-3-7-17(12-15)22(24)25/h3,5,7-9,12-13H,2,4,6,10-11H2,1H3,(H,20,23). The Morgan fingerprint density at radius 2 is 2.04 bits per heavy atom. The second-order valence-electron chi connectivity index (χ2n) is 6.60. The minimum atomic E-state index is -3.41. The van der Waals surface area contributed by atoms with Crippen LogP contribution in [0.2, 0.25) is 0 Å². The average molecular weight is 403 g/mol. The molecule has 1 amide bonds. The van der Waals surface area contributed by atoms with Gasteiger partial charge >= 0.3 is 0 Å². The fourth-order valence-corrected chi connectivity index (χ4v) is 4.85. The summed E-state index contributed by atoms with van der Waals surface area (Å²) in [5, 5.41) is 13.6. The Kier molecular flexibility index (Phi) is 5.64. The monoisotopic (exact) mass is 403 g/mol. The number of nitro benzene ring substituents is 1. The summed E-state index contributed by atoms with van der Waals surface area (Å²) >= 11 is 0. The van der Waals surface area contributed by atoms with Gasteiger partial charge in [0.05, 0.1) is 16.4 Å². The van der Waals surface area contributed by atoms with Gasteiger partial charge in [-0.1, -0.05) is 19.1 Å². The van der Waals surface area contributed by atoms with E-state index in [9.17, 15) is 23.3 Å². The minimum absolute atomic E-state index is 0.0662. The fourth-order valence-electron chi connectivity index (χ4n) is 3.24. The highest BCUT2D eigenvalue weighted by atomic mass is 32.2. The maximum atomic E-state index is 12.6. The second kappa shape index (κ2) is 7.97. The van der Waals surface area contributed by atoms with Crippen LogP contribution in [0.5, 0.6) is 0 Å². The second-order valence-corrected chi connectivity index (χ2v) is 8.61. The van der Waals surface area contributed by atoms with E-state index in [-0.39, 0.29) is 17.0 Å². The van der Waals surface area contributed by atoms with Gasteiger partial charge in [0, 0.05) is 29.9 Å². The predicted octanol–water partition coefficient (Wildman–Crippen LogP) is 3.34. The van der Waals surface area contributed by atoms with Crippen LogP contribution in [-0.2, 0) is 16.4 Å². The van der Waals surface area contributed by atoms with E-state index in [2.05, 4.69) is 5.32 Å². The molecular formula is C19H21N3O5S. The smallest absolute Gasteiger partial charge is 0.270 e. The number of amides is 1. The Morgan fingerprint density at radius 3 is 2.75 bits per heavy atom. The van der Waals surface area contributed by atoms with Gasteiger partial charge in [-0.2, -0.15) is 0 Å². The molecule has 9 heteroatoms. The Morgan fingerprint density at radius 1 is 1.25 bits per heavy atom. The van der Waals surface area contributed by atoms with Crippen molar-refractivity contribution in [1.82, 2.24) is 0 Å². The van der Waals surface area contributed by atoms with Gasteiger partial charge in [-0.3, -0.25) is 19.2 Å². The van der Waals surface area contributed by atoms with Crippen molar-refractivity contribution in [1.29, 1.82) is 0 Å². The van der Waals surface area contributed by atoms with E-state index >= 15 is 0 Å². The van der Waals surface area contributed by atoms with E-state index < -0.39 is 20.9 Å². The third-order valence-corrected chi connectivity index (χ3v) is 6.51. The van der Waals surface area contributed by atoms with Crippen LogP contribution < -0.4 is 9.62 Å². The zero-order valence-electron chi connectivity index (χ0n) is 15.4. The highest BCUT2D eigenvalue weighted by Crippen LogP contribution is 2.32. The van der Waals surface area contributed by atoms with Gasteiger partial charge in [-0.15, -0.1) is 0 Å². The van der Waals surface area contributed by atoms with Crippen LogP contribution in [0.4, 0.5) is 17.1 Å². The number of nitro groups is 1.